The maximum atomic E-state index is 12.0. The third kappa shape index (κ3) is 4.49. The third-order valence-electron chi connectivity index (χ3n) is 3.53. The molecule has 21 heavy (non-hydrogen) atoms. The van der Waals surface area contributed by atoms with Crippen LogP contribution < -0.4 is 0 Å². The summed E-state index contributed by atoms with van der Waals surface area (Å²) < 4.78 is 4.84. The van der Waals surface area contributed by atoms with Gasteiger partial charge in [-0.25, -0.2) is 0 Å². The number of nitrogens with zero attached hydrogens (tertiary/aromatic N) is 1. The van der Waals surface area contributed by atoms with Crippen LogP contribution in [0.15, 0.2) is 23.1 Å². The number of ether oxygens (including phenoxy) is 1. The fourth-order valence-corrected chi connectivity index (χ4v) is 3.28. The van der Waals surface area contributed by atoms with Crippen molar-refractivity contribution in [2.75, 3.05) is 26.0 Å². The molecule has 0 aromatic heterocycles. The lowest BCUT2D eigenvalue weighted by Gasteiger charge is -2.15. The van der Waals surface area contributed by atoms with Gasteiger partial charge >= 0.3 is 5.97 Å². The Kier molecular flexibility index (Phi) is 5.67. The molecule has 0 fully saturated rings. The summed E-state index contributed by atoms with van der Waals surface area (Å²) in [7, 11) is 1.63. The molecule has 0 bridgehead atoms. The Morgan fingerprint density at radius 3 is 2.81 bits per heavy atom. The minimum Gasteiger partial charge on any atom is -0.465 e. The number of rotatable bonds is 6. The van der Waals surface area contributed by atoms with E-state index in [4.69, 9.17) is 4.74 Å². The van der Waals surface area contributed by atoms with E-state index in [1.165, 1.54) is 40.6 Å². The minimum atomic E-state index is -0.365. The monoisotopic (exact) mass is 307 g/mol. The first kappa shape index (κ1) is 15.9. The molecule has 2 rings (SSSR count). The van der Waals surface area contributed by atoms with E-state index in [1.807, 2.05) is 0 Å². The van der Waals surface area contributed by atoms with E-state index >= 15 is 0 Å². The van der Waals surface area contributed by atoms with Crippen LogP contribution in [-0.4, -0.2) is 42.7 Å². The molecule has 0 radical (unpaired) electrons. The predicted octanol–water partition coefficient (Wildman–Crippen LogP) is 2.29. The van der Waals surface area contributed by atoms with Crippen LogP contribution in [0.25, 0.3) is 0 Å². The zero-order chi connectivity index (χ0) is 15.2. The van der Waals surface area contributed by atoms with E-state index in [9.17, 15) is 9.59 Å². The zero-order valence-electron chi connectivity index (χ0n) is 12.6. The molecule has 0 saturated heterocycles. The van der Waals surface area contributed by atoms with Gasteiger partial charge in [0.05, 0.1) is 12.4 Å². The number of hydrogen-bond acceptors (Lipinski definition) is 4. The van der Waals surface area contributed by atoms with Gasteiger partial charge in [0.15, 0.2) is 0 Å². The maximum Gasteiger partial charge on any atom is 0.325 e. The highest BCUT2D eigenvalue weighted by molar-refractivity contribution is 8.00. The van der Waals surface area contributed by atoms with Gasteiger partial charge in [-0.15, -0.1) is 11.8 Å². The molecule has 1 aromatic carbocycles. The van der Waals surface area contributed by atoms with Crippen molar-refractivity contribution in [1.29, 1.82) is 0 Å². The van der Waals surface area contributed by atoms with Crippen LogP contribution in [0, 0.1) is 0 Å². The van der Waals surface area contributed by atoms with Crippen molar-refractivity contribution < 1.29 is 14.3 Å². The summed E-state index contributed by atoms with van der Waals surface area (Å²) in [6.07, 6.45) is 3.53. The molecule has 0 saturated carbocycles. The van der Waals surface area contributed by atoms with Gasteiger partial charge in [-0.05, 0) is 49.4 Å². The zero-order valence-corrected chi connectivity index (χ0v) is 13.4. The van der Waals surface area contributed by atoms with Crippen molar-refractivity contribution in [2.45, 2.75) is 31.1 Å². The number of thioether (sulfide) groups is 1. The molecule has 0 N–H and O–H groups in total. The molecule has 1 aliphatic carbocycles. The Morgan fingerprint density at radius 1 is 1.29 bits per heavy atom. The highest BCUT2D eigenvalue weighted by Gasteiger charge is 2.15. The van der Waals surface area contributed by atoms with Crippen molar-refractivity contribution in [3.63, 3.8) is 0 Å². The lowest BCUT2D eigenvalue weighted by Crippen LogP contribution is -2.34. The van der Waals surface area contributed by atoms with Crippen LogP contribution in [0.2, 0.25) is 0 Å². The predicted molar refractivity (Wildman–Crippen MR) is 83.5 cm³/mol. The van der Waals surface area contributed by atoms with Gasteiger partial charge in [0.2, 0.25) is 5.91 Å². The second kappa shape index (κ2) is 7.50. The number of carbonyl (C=O) groups is 2. The number of esters is 1. The first-order valence-corrected chi connectivity index (χ1v) is 8.23. The van der Waals surface area contributed by atoms with Crippen LogP contribution in [-0.2, 0) is 27.2 Å². The number of aryl methyl sites for hydroxylation is 2. The lowest BCUT2D eigenvalue weighted by atomic mass is 10.1. The first-order chi connectivity index (χ1) is 10.1. The van der Waals surface area contributed by atoms with Crippen LogP contribution in [0.4, 0.5) is 0 Å². The quantitative estimate of drug-likeness (QED) is 0.597. The average Bonchev–Trinajstić information content (AvgIpc) is 2.92. The fraction of sp³-hybridized carbons (Fsp3) is 0.500. The molecule has 1 aliphatic rings. The Labute approximate surface area is 129 Å². The Bertz CT molecular complexity index is 530. The summed E-state index contributed by atoms with van der Waals surface area (Å²) in [5.74, 6) is -0.0845. The normalized spacial score (nSPS) is 12.9. The second-order valence-electron chi connectivity index (χ2n) is 5.13. The molecule has 1 aromatic rings. The van der Waals surface area contributed by atoms with E-state index in [2.05, 4.69) is 18.2 Å². The van der Waals surface area contributed by atoms with Gasteiger partial charge in [-0.2, -0.15) is 0 Å². The van der Waals surface area contributed by atoms with Crippen LogP contribution >= 0.6 is 11.8 Å². The number of amides is 1. The number of carbonyl (C=O) groups excluding carboxylic acids is 2. The Morgan fingerprint density at radius 2 is 2.05 bits per heavy atom. The van der Waals surface area contributed by atoms with Crippen molar-refractivity contribution in [1.82, 2.24) is 4.90 Å². The molecular weight excluding hydrogens is 286 g/mol. The molecular formula is C16H21NO3S. The maximum absolute atomic E-state index is 12.0. The topological polar surface area (TPSA) is 46.6 Å². The molecule has 1 amide bonds. The molecule has 0 heterocycles. The van der Waals surface area contributed by atoms with Gasteiger partial charge < -0.3 is 9.64 Å². The summed E-state index contributed by atoms with van der Waals surface area (Å²) in [5.41, 5.74) is 2.84. The van der Waals surface area contributed by atoms with Crippen molar-refractivity contribution in [3.8, 4) is 0 Å². The van der Waals surface area contributed by atoms with E-state index in [0.717, 1.165) is 11.3 Å². The average molecular weight is 307 g/mol. The van der Waals surface area contributed by atoms with Crippen LogP contribution in [0.1, 0.15) is 24.5 Å². The van der Waals surface area contributed by atoms with Crippen LogP contribution in [0.5, 0.6) is 0 Å². The van der Waals surface area contributed by atoms with Gasteiger partial charge in [0.25, 0.3) is 0 Å². The first-order valence-electron chi connectivity index (χ1n) is 7.24. The standard InChI is InChI=1S/C16H21NO3S/c1-3-20-16(19)10-17(2)15(18)11-21-14-8-7-12-5-4-6-13(12)9-14/h7-9H,3-6,10-11H2,1-2H3. The summed E-state index contributed by atoms with van der Waals surface area (Å²) >= 11 is 1.52. The molecule has 5 heteroatoms. The van der Waals surface area contributed by atoms with E-state index in [-0.39, 0.29) is 18.4 Å². The van der Waals surface area contributed by atoms with Gasteiger partial charge in [-0.3, -0.25) is 9.59 Å². The molecule has 114 valence electrons. The summed E-state index contributed by atoms with van der Waals surface area (Å²) in [6, 6.07) is 6.43. The van der Waals surface area contributed by atoms with E-state index in [0.29, 0.717) is 12.4 Å². The summed E-state index contributed by atoms with van der Waals surface area (Å²) in [5, 5.41) is 0. The largest absolute Gasteiger partial charge is 0.465 e. The second-order valence-corrected chi connectivity index (χ2v) is 6.18. The third-order valence-corrected chi connectivity index (χ3v) is 4.51. The highest BCUT2D eigenvalue weighted by atomic mass is 32.2. The van der Waals surface area contributed by atoms with Crippen molar-refractivity contribution in [3.05, 3.63) is 29.3 Å². The minimum absolute atomic E-state index is 0.0113. The molecule has 4 nitrogen and oxygen atoms in total. The number of fused-ring (bicyclic) bond motifs is 1. The van der Waals surface area contributed by atoms with Crippen LogP contribution in [0.3, 0.4) is 0 Å². The number of likely N-dealkylation sites (N-methyl/N-ethyl adjacent to an activating group) is 1. The Balaban J connectivity index is 1.82. The molecule has 0 spiro atoms. The fourth-order valence-electron chi connectivity index (χ4n) is 2.38. The summed E-state index contributed by atoms with van der Waals surface area (Å²) in [6.45, 7) is 2.10. The molecule has 0 atom stereocenters. The lowest BCUT2D eigenvalue weighted by molar-refractivity contribution is -0.147. The molecule has 0 unspecified atom stereocenters. The van der Waals surface area contributed by atoms with Gasteiger partial charge in [0, 0.05) is 11.9 Å². The highest BCUT2D eigenvalue weighted by Crippen LogP contribution is 2.27. The van der Waals surface area contributed by atoms with E-state index in [1.54, 1.807) is 14.0 Å². The van der Waals surface area contributed by atoms with Crippen molar-refractivity contribution >= 4 is 23.6 Å². The van der Waals surface area contributed by atoms with Gasteiger partial charge in [-0.1, -0.05) is 6.07 Å². The van der Waals surface area contributed by atoms with E-state index < -0.39 is 0 Å². The van der Waals surface area contributed by atoms with Gasteiger partial charge in [0.1, 0.15) is 6.54 Å². The Hall–Kier alpha value is -1.49. The van der Waals surface area contributed by atoms with Crippen molar-refractivity contribution in [2.24, 2.45) is 0 Å². The molecule has 0 aliphatic heterocycles. The number of benzene rings is 1. The summed E-state index contributed by atoms with van der Waals surface area (Å²) in [4.78, 5) is 25.9. The smallest absolute Gasteiger partial charge is 0.325 e. The SMILES string of the molecule is CCOC(=O)CN(C)C(=O)CSc1ccc2c(c1)CCC2. The number of hydrogen-bond donors (Lipinski definition) is 0.